The van der Waals surface area contributed by atoms with Crippen molar-refractivity contribution < 1.29 is 4.42 Å². The van der Waals surface area contributed by atoms with Gasteiger partial charge in [-0.15, -0.1) is 0 Å². The molecular formula is C17H29NOS. The molecule has 1 saturated carbocycles. The maximum Gasteiger partial charge on any atom is 0.113 e. The van der Waals surface area contributed by atoms with E-state index in [0.717, 1.165) is 24.0 Å². The van der Waals surface area contributed by atoms with E-state index in [1.165, 1.54) is 25.7 Å². The van der Waals surface area contributed by atoms with E-state index in [1.54, 1.807) is 6.26 Å². The standard InChI is InChI=1S/C17H29NOS/c1-4-17(2,3)14-8-7-13(11-18)16(10-14)20-12-15-6-5-9-19-15/h5-6,9,13-14,16H,4,7-8,10-12,18H2,1-3H3. The maximum atomic E-state index is 5.99. The summed E-state index contributed by atoms with van der Waals surface area (Å²) >= 11 is 2.04. The van der Waals surface area contributed by atoms with Crippen LogP contribution in [0.25, 0.3) is 0 Å². The molecule has 0 spiro atoms. The zero-order valence-corrected chi connectivity index (χ0v) is 13.9. The monoisotopic (exact) mass is 295 g/mol. The van der Waals surface area contributed by atoms with Crippen LogP contribution in [-0.2, 0) is 5.75 Å². The molecule has 3 atom stereocenters. The first kappa shape index (κ1) is 16.0. The molecule has 0 aliphatic heterocycles. The van der Waals surface area contributed by atoms with Gasteiger partial charge in [0.2, 0.25) is 0 Å². The number of nitrogens with two attached hydrogens (primary N) is 1. The third-order valence-corrected chi connectivity index (χ3v) is 6.72. The molecule has 0 saturated heterocycles. The van der Waals surface area contributed by atoms with Crippen LogP contribution in [0, 0.1) is 17.3 Å². The van der Waals surface area contributed by atoms with E-state index in [4.69, 9.17) is 10.2 Å². The van der Waals surface area contributed by atoms with Crippen LogP contribution in [0.5, 0.6) is 0 Å². The molecule has 1 fully saturated rings. The van der Waals surface area contributed by atoms with Crippen LogP contribution in [-0.4, -0.2) is 11.8 Å². The van der Waals surface area contributed by atoms with E-state index in [1.807, 2.05) is 17.8 Å². The molecule has 2 N–H and O–H groups in total. The maximum absolute atomic E-state index is 5.99. The van der Waals surface area contributed by atoms with Crippen LogP contribution in [0.3, 0.4) is 0 Å². The Morgan fingerprint density at radius 1 is 1.40 bits per heavy atom. The Morgan fingerprint density at radius 3 is 2.80 bits per heavy atom. The molecule has 114 valence electrons. The van der Waals surface area contributed by atoms with Crippen molar-refractivity contribution in [3.8, 4) is 0 Å². The van der Waals surface area contributed by atoms with Crippen molar-refractivity contribution in [1.82, 2.24) is 0 Å². The minimum Gasteiger partial charge on any atom is -0.468 e. The minimum atomic E-state index is 0.461. The van der Waals surface area contributed by atoms with Crippen LogP contribution in [0.15, 0.2) is 22.8 Å². The molecule has 3 unspecified atom stereocenters. The van der Waals surface area contributed by atoms with Crippen molar-refractivity contribution in [1.29, 1.82) is 0 Å². The van der Waals surface area contributed by atoms with Crippen LogP contribution in [0.1, 0.15) is 52.2 Å². The van der Waals surface area contributed by atoms with Gasteiger partial charge in [0.15, 0.2) is 0 Å². The van der Waals surface area contributed by atoms with Crippen LogP contribution in [0.4, 0.5) is 0 Å². The molecule has 2 nitrogen and oxygen atoms in total. The van der Waals surface area contributed by atoms with Gasteiger partial charge in [-0.1, -0.05) is 27.2 Å². The van der Waals surface area contributed by atoms with Crippen LogP contribution in [0.2, 0.25) is 0 Å². The Morgan fingerprint density at radius 2 is 2.20 bits per heavy atom. The Balaban J connectivity index is 1.95. The molecule has 1 aromatic rings. The van der Waals surface area contributed by atoms with Gasteiger partial charge in [0.05, 0.1) is 12.0 Å². The van der Waals surface area contributed by atoms with Gasteiger partial charge in [0.25, 0.3) is 0 Å². The smallest absolute Gasteiger partial charge is 0.113 e. The second-order valence-corrected chi connectivity index (χ2v) is 8.00. The lowest BCUT2D eigenvalue weighted by Crippen LogP contribution is -2.37. The molecule has 0 bridgehead atoms. The predicted octanol–water partition coefficient (Wildman–Crippen LogP) is 4.69. The van der Waals surface area contributed by atoms with Crippen LogP contribution < -0.4 is 5.73 Å². The highest BCUT2D eigenvalue weighted by atomic mass is 32.2. The van der Waals surface area contributed by atoms with Gasteiger partial charge in [0, 0.05) is 5.25 Å². The molecule has 20 heavy (non-hydrogen) atoms. The summed E-state index contributed by atoms with van der Waals surface area (Å²) in [4.78, 5) is 0. The number of furan rings is 1. The lowest BCUT2D eigenvalue weighted by molar-refractivity contribution is 0.134. The second-order valence-electron chi connectivity index (χ2n) is 6.78. The Labute approximate surface area is 127 Å². The van der Waals surface area contributed by atoms with Crippen molar-refractivity contribution in [2.24, 2.45) is 23.0 Å². The fraction of sp³-hybridized carbons (Fsp3) is 0.765. The van der Waals surface area contributed by atoms with Gasteiger partial charge in [-0.3, -0.25) is 0 Å². The number of hydrogen-bond acceptors (Lipinski definition) is 3. The first-order valence-corrected chi connectivity index (χ1v) is 8.95. The van der Waals surface area contributed by atoms with Crippen LogP contribution >= 0.6 is 11.8 Å². The summed E-state index contributed by atoms with van der Waals surface area (Å²) in [7, 11) is 0. The van der Waals surface area contributed by atoms with Crippen molar-refractivity contribution in [2.75, 3.05) is 6.54 Å². The molecule has 0 aromatic carbocycles. The van der Waals surface area contributed by atoms with E-state index >= 15 is 0 Å². The summed E-state index contributed by atoms with van der Waals surface area (Å²) in [5, 5.41) is 0.690. The summed E-state index contributed by atoms with van der Waals surface area (Å²) < 4.78 is 5.46. The van der Waals surface area contributed by atoms with Gasteiger partial charge in [-0.25, -0.2) is 0 Å². The van der Waals surface area contributed by atoms with E-state index in [-0.39, 0.29) is 0 Å². The van der Waals surface area contributed by atoms with Gasteiger partial charge < -0.3 is 10.2 Å². The SMILES string of the molecule is CCC(C)(C)C1CCC(CN)C(SCc2ccco2)C1. The number of rotatable bonds is 6. The molecule has 1 aromatic heterocycles. The van der Waals surface area contributed by atoms with Gasteiger partial charge in [-0.2, -0.15) is 11.8 Å². The fourth-order valence-corrected chi connectivity index (χ4v) is 4.68. The Kier molecular flexibility index (Phi) is 5.62. The molecule has 3 heteroatoms. The van der Waals surface area contributed by atoms with E-state index in [9.17, 15) is 0 Å². The highest BCUT2D eigenvalue weighted by Crippen LogP contribution is 2.45. The summed E-state index contributed by atoms with van der Waals surface area (Å²) in [6.45, 7) is 8.00. The molecule has 1 aliphatic rings. The molecule has 1 heterocycles. The minimum absolute atomic E-state index is 0.461. The third-order valence-electron chi connectivity index (χ3n) is 5.27. The Bertz CT molecular complexity index is 388. The van der Waals surface area contributed by atoms with Crippen molar-refractivity contribution in [3.63, 3.8) is 0 Å². The normalized spacial score (nSPS) is 27.7. The van der Waals surface area contributed by atoms with Crippen molar-refractivity contribution in [3.05, 3.63) is 24.2 Å². The first-order valence-electron chi connectivity index (χ1n) is 7.91. The summed E-state index contributed by atoms with van der Waals surface area (Å²) in [6, 6.07) is 4.04. The molecular weight excluding hydrogens is 266 g/mol. The summed E-state index contributed by atoms with van der Waals surface area (Å²) in [5.74, 6) is 3.58. The number of hydrogen-bond donors (Lipinski definition) is 1. The fourth-order valence-electron chi connectivity index (χ4n) is 3.25. The van der Waals surface area contributed by atoms with E-state index in [2.05, 4.69) is 26.8 Å². The van der Waals surface area contributed by atoms with Gasteiger partial charge in [0.1, 0.15) is 5.76 Å². The highest BCUT2D eigenvalue weighted by molar-refractivity contribution is 7.99. The zero-order valence-electron chi connectivity index (χ0n) is 13.1. The average Bonchev–Trinajstić information content (AvgIpc) is 2.98. The van der Waals surface area contributed by atoms with Crippen molar-refractivity contribution >= 4 is 11.8 Å². The first-order chi connectivity index (χ1) is 9.56. The zero-order chi connectivity index (χ0) is 14.6. The largest absolute Gasteiger partial charge is 0.468 e. The Hall–Kier alpha value is -0.410. The summed E-state index contributed by atoms with van der Waals surface area (Å²) in [5.41, 5.74) is 6.45. The van der Waals surface area contributed by atoms with Gasteiger partial charge >= 0.3 is 0 Å². The van der Waals surface area contributed by atoms with Crippen molar-refractivity contribution in [2.45, 2.75) is 57.5 Å². The average molecular weight is 295 g/mol. The quantitative estimate of drug-likeness (QED) is 0.827. The second kappa shape index (κ2) is 7.04. The highest BCUT2D eigenvalue weighted by Gasteiger charge is 2.36. The molecule has 1 aliphatic carbocycles. The van der Waals surface area contributed by atoms with Gasteiger partial charge in [-0.05, 0) is 55.2 Å². The lowest BCUT2D eigenvalue weighted by atomic mass is 9.67. The molecule has 0 radical (unpaired) electrons. The predicted molar refractivity (Wildman–Crippen MR) is 87.7 cm³/mol. The molecule has 2 rings (SSSR count). The van der Waals surface area contributed by atoms with E-state index in [0.29, 0.717) is 16.6 Å². The summed E-state index contributed by atoms with van der Waals surface area (Å²) in [6.07, 6.45) is 6.98. The lowest BCUT2D eigenvalue weighted by Gasteiger charge is -2.42. The number of thioether (sulfide) groups is 1. The topological polar surface area (TPSA) is 39.2 Å². The molecule has 0 amide bonds. The van der Waals surface area contributed by atoms with E-state index < -0.39 is 0 Å². The third kappa shape index (κ3) is 3.82.